The van der Waals surface area contributed by atoms with Crippen LogP contribution in [0.4, 0.5) is 4.39 Å². The summed E-state index contributed by atoms with van der Waals surface area (Å²) < 4.78 is 14.8. The normalized spacial score (nSPS) is 10.4. The minimum atomic E-state index is -0.449. The van der Waals surface area contributed by atoms with Crippen LogP contribution in [0.5, 0.6) is 0 Å². The number of aldehydes is 1. The number of carbonyl (C=O) groups is 1. The van der Waals surface area contributed by atoms with Crippen LogP contribution in [-0.4, -0.2) is 15.8 Å². The van der Waals surface area contributed by atoms with Crippen LogP contribution in [0.3, 0.4) is 0 Å². The number of aromatic nitrogens is 2. The zero-order chi connectivity index (χ0) is 11.5. The lowest BCUT2D eigenvalue weighted by Crippen LogP contribution is -1.97. The molecule has 0 aliphatic rings. The third-order valence-corrected chi connectivity index (χ3v) is 2.43. The van der Waals surface area contributed by atoms with Gasteiger partial charge < -0.3 is 4.57 Å². The molecule has 0 bridgehead atoms. The zero-order valence-corrected chi connectivity index (χ0v) is 8.99. The van der Waals surface area contributed by atoms with Crippen molar-refractivity contribution >= 4 is 17.9 Å². The number of rotatable bonds is 3. The Labute approximate surface area is 96.5 Å². The van der Waals surface area contributed by atoms with E-state index in [2.05, 4.69) is 4.98 Å². The van der Waals surface area contributed by atoms with E-state index in [1.54, 1.807) is 16.8 Å². The minimum absolute atomic E-state index is 0.1000. The molecule has 5 heteroatoms. The minimum Gasteiger partial charge on any atom is -0.332 e. The fourth-order valence-electron chi connectivity index (χ4n) is 1.37. The molecule has 0 saturated carbocycles. The number of hydrogen-bond donors (Lipinski definition) is 0. The Kier molecular flexibility index (Phi) is 3.01. The monoisotopic (exact) mass is 238 g/mol. The van der Waals surface area contributed by atoms with Crippen LogP contribution in [-0.2, 0) is 6.54 Å². The summed E-state index contributed by atoms with van der Waals surface area (Å²) in [6, 6.07) is 4.60. The van der Waals surface area contributed by atoms with E-state index < -0.39 is 5.82 Å². The number of halogens is 2. The van der Waals surface area contributed by atoms with Crippen LogP contribution in [0.2, 0.25) is 5.02 Å². The van der Waals surface area contributed by atoms with Crippen LogP contribution in [0.25, 0.3) is 0 Å². The molecule has 0 saturated heterocycles. The summed E-state index contributed by atoms with van der Waals surface area (Å²) in [6.45, 7) is 0.453. The van der Waals surface area contributed by atoms with E-state index in [-0.39, 0.29) is 5.02 Å². The van der Waals surface area contributed by atoms with Crippen molar-refractivity contribution in [3.05, 3.63) is 52.8 Å². The van der Waals surface area contributed by atoms with Gasteiger partial charge in [0.05, 0.1) is 11.3 Å². The molecule has 82 valence electrons. The Bertz CT molecular complexity index is 524. The van der Waals surface area contributed by atoms with Crippen LogP contribution in [0.1, 0.15) is 16.1 Å². The molecule has 0 unspecified atom stereocenters. The number of benzene rings is 1. The second-order valence-corrected chi connectivity index (χ2v) is 3.74. The van der Waals surface area contributed by atoms with E-state index in [1.165, 1.54) is 18.5 Å². The molecule has 3 nitrogen and oxygen atoms in total. The first kappa shape index (κ1) is 10.8. The van der Waals surface area contributed by atoms with Gasteiger partial charge in [-0.1, -0.05) is 17.7 Å². The maximum absolute atomic E-state index is 13.1. The van der Waals surface area contributed by atoms with Gasteiger partial charge in [-0.3, -0.25) is 4.79 Å². The largest absolute Gasteiger partial charge is 0.332 e. The van der Waals surface area contributed by atoms with Crippen LogP contribution < -0.4 is 0 Å². The van der Waals surface area contributed by atoms with Crippen molar-refractivity contribution in [3.63, 3.8) is 0 Å². The molecular weight excluding hydrogens is 231 g/mol. The number of carbonyl (C=O) groups excluding carboxylic acids is 1. The van der Waals surface area contributed by atoms with E-state index in [1.807, 2.05) is 0 Å². The molecule has 1 aromatic heterocycles. The molecule has 0 fully saturated rings. The molecule has 0 aliphatic heterocycles. The molecule has 1 aromatic carbocycles. The number of imidazole rings is 1. The Morgan fingerprint density at radius 3 is 2.94 bits per heavy atom. The Hall–Kier alpha value is -1.68. The fraction of sp³-hybridized carbons (Fsp3) is 0.0909. The lowest BCUT2D eigenvalue weighted by atomic mass is 10.2. The van der Waals surface area contributed by atoms with Crippen molar-refractivity contribution in [2.45, 2.75) is 6.54 Å². The van der Waals surface area contributed by atoms with Gasteiger partial charge in [0, 0.05) is 12.7 Å². The van der Waals surface area contributed by atoms with Crippen molar-refractivity contribution in [3.8, 4) is 0 Å². The first-order valence-corrected chi connectivity index (χ1v) is 4.97. The second-order valence-electron chi connectivity index (χ2n) is 3.34. The molecule has 0 N–H and O–H groups in total. The summed E-state index contributed by atoms with van der Waals surface area (Å²) in [5.74, 6) is -0.449. The highest BCUT2D eigenvalue weighted by Gasteiger charge is 2.02. The van der Waals surface area contributed by atoms with E-state index in [9.17, 15) is 9.18 Å². The maximum atomic E-state index is 13.1. The highest BCUT2D eigenvalue weighted by Crippen LogP contribution is 2.16. The quantitative estimate of drug-likeness (QED) is 0.771. The lowest BCUT2D eigenvalue weighted by Gasteiger charge is -2.03. The number of hydrogen-bond acceptors (Lipinski definition) is 2. The Balaban J connectivity index is 2.20. The van der Waals surface area contributed by atoms with Crippen LogP contribution in [0, 0.1) is 5.82 Å². The Morgan fingerprint density at radius 1 is 1.50 bits per heavy atom. The van der Waals surface area contributed by atoms with Crippen molar-refractivity contribution < 1.29 is 9.18 Å². The third kappa shape index (κ3) is 2.28. The highest BCUT2D eigenvalue weighted by atomic mass is 35.5. The summed E-state index contributed by atoms with van der Waals surface area (Å²) in [4.78, 5) is 14.3. The van der Waals surface area contributed by atoms with Crippen LogP contribution >= 0.6 is 11.6 Å². The molecule has 16 heavy (non-hydrogen) atoms. The van der Waals surface area contributed by atoms with E-state index in [0.717, 1.165) is 5.56 Å². The summed E-state index contributed by atoms with van der Waals surface area (Å²) in [5, 5.41) is 0.1000. The van der Waals surface area contributed by atoms with Gasteiger partial charge in [0.15, 0.2) is 6.29 Å². The van der Waals surface area contributed by atoms with Gasteiger partial charge in [-0.25, -0.2) is 9.37 Å². The molecule has 0 radical (unpaired) electrons. The standard InChI is InChI=1S/C11H8ClFN2O/c12-10-2-1-8(3-11(10)13)4-15-5-9(6-16)14-7-15/h1-3,5-7H,4H2. The molecule has 0 atom stereocenters. The summed E-state index contributed by atoms with van der Waals surface area (Å²) in [5.41, 5.74) is 1.12. The van der Waals surface area contributed by atoms with Gasteiger partial charge in [-0.15, -0.1) is 0 Å². The fourth-order valence-corrected chi connectivity index (χ4v) is 1.49. The highest BCUT2D eigenvalue weighted by molar-refractivity contribution is 6.30. The van der Waals surface area contributed by atoms with Gasteiger partial charge in [0.1, 0.15) is 11.5 Å². The predicted molar refractivity (Wildman–Crippen MR) is 58.1 cm³/mol. The van der Waals surface area contributed by atoms with E-state index in [4.69, 9.17) is 11.6 Å². The maximum Gasteiger partial charge on any atom is 0.169 e. The molecule has 2 aromatic rings. The van der Waals surface area contributed by atoms with Crippen molar-refractivity contribution in [2.75, 3.05) is 0 Å². The zero-order valence-electron chi connectivity index (χ0n) is 8.23. The molecule has 0 aliphatic carbocycles. The smallest absolute Gasteiger partial charge is 0.169 e. The average molecular weight is 239 g/mol. The molecular formula is C11H8ClFN2O. The van der Waals surface area contributed by atoms with Crippen molar-refractivity contribution in [1.29, 1.82) is 0 Å². The second kappa shape index (κ2) is 4.45. The number of nitrogens with zero attached hydrogens (tertiary/aromatic N) is 2. The van der Waals surface area contributed by atoms with E-state index in [0.29, 0.717) is 18.5 Å². The lowest BCUT2D eigenvalue weighted by molar-refractivity contribution is 0.111. The predicted octanol–water partition coefficient (Wildman–Crippen LogP) is 2.54. The van der Waals surface area contributed by atoms with Gasteiger partial charge in [-0.2, -0.15) is 0 Å². The summed E-state index contributed by atoms with van der Waals surface area (Å²) in [6.07, 6.45) is 3.79. The van der Waals surface area contributed by atoms with Crippen molar-refractivity contribution in [1.82, 2.24) is 9.55 Å². The first-order chi connectivity index (χ1) is 7.69. The van der Waals surface area contributed by atoms with E-state index >= 15 is 0 Å². The van der Waals surface area contributed by atoms with Crippen LogP contribution in [0.15, 0.2) is 30.7 Å². The summed E-state index contributed by atoms with van der Waals surface area (Å²) in [7, 11) is 0. The van der Waals surface area contributed by atoms with Gasteiger partial charge in [0.2, 0.25) is 0 Å². The van der Waals surface area contributed by atoms with Gasteiger partial charge in [-0.05, 0) is 17.7 Å². The molecule has 2 rings (SSSR count). The first-order valence-electron chi connectivity index (χ1n) is 4.60. The Morgan fingerprint density at radius 2 is 2.31 bits per heavy atom. The van der Waals surface area contributed by atoms with Gasteiger partial charge in [0.25, 0.3) is 0 Å². The third-order valence-electron chi connectivity index (χ3n) is 2.12. The van der Waals surface area contributed by atoms with Gasteiger partial charge >= 0.3 is 0 Å². The topological polar surface area (TPSA) is 34.9 Å². The molecule has 0 amide bonds. The molecule has 1 heterocycles. The summed E-state index contributed by atoms with van der Waals surface area (Å²) >= 11 is 5.57. The van der Waals surface area contributed by atoms with Crippen molar-refractivity contribution in [2.24, 2.45) is 0 Å². The SMILES string of the molecule is O=Cc1cn(Cc2ccc(Cl)c(F)c2)cn1. The molecule has 0 spiro atoms. The average Bonchev–Trinajstić information content (AvgIpc) is 2.71.